The second-order valence-electron chi connectivity index (χ2n) is 6.72. The largest absolute Gasteiger partial charge is 0.549 e. The van der Waals surface area contributed by atoms with Crippen LogP contribution in [0.2, 0.25) is 0 Å². The lowest BCUT2D eigenvalue weighted by Crippen LogP contribution is -2.50. The van der Waals surface area contributed by atoms with Crippen molar-refractivity contribution in [2.24, 2.45) is 4.99 Å². The maximum Gasteiger partial charge on any atom is 0.549 e. The average molecular weight is 369 g/mol. The van der Waals surface area contributed by atoms with Gasteiger partial charge in [0.25, 0.3) is 0 Å². The molecule has 0 aliphatic carbocycles. The van der Waals surface area contributed by atoms with Crippen molar-refractivity contribution in [3.63, 3.8) is 0 Å². The summed E-state index contributed by atoms with van der Waals surface area (Å²) in [5.74, 6) is 0.724. The predicted octanol–water partition coefficient (Wildman–Crippen LogP) is 2.71. The van der Waals surface area contributed by atoms with Crippen LogP contribution in [0.15, 0.2) is 89.9 Å². The van der Waals surface area contributed by atoms with Crippen LogP contribution in [0.25, 0.3) is 0 Å². The van der Waals surface area contributed by atoms with Gasteiger partial charge in [0.05, 0.1) is 12.6 Å². The van der Waals surface area contributed by atoms with Gasteiger partial charge in [-0.05, 0) is 30.0 Å². The van der Waals surface area contributed by atoms with Gasteiger partial charge in [-0.2, -0.15) is 0 Å². The van der Waals surface area contributed by atoms with Gasteiger partial charge in [0, 0.05) is 11.8 Å². The Hall–Kier alpha value is -2.82. The second kappa shape index (κ2) is 8.91. The van der Waals surface area contributed by atoms with Crippen LogP contribution in [-0.4, -0.2) is 33.1 Å². The van der Waals surface area contributed by atoms with Crippen molar-refractivity contribution in [3.05, 3.63) is 90.5 Å². The zero-order valence-electron chi connectivity index (χ0n) is 15.8. The minimum atomic E-state index is -0.619. The lowest BCUT2D eigenvalue weighted by molar-refractivity contribution is 0.197. The molecule has 1 heterocycles. The number of benzene rings is 3. The number of hydrogen-bond donors (Lipinski definition) is 0. The molecular weight excluding hydrogens is 348 g/mol. The van der Waals surface area contributed by atoms with Crippen molar-refractivity contribution in [3.8, 4) is 5.75 Å². The van der Waals surface area contributed by atoms with E-state index in [1.807, 2.05) is 98.1 Å². The highest BCUT2D eigenvalue weighted by Crippen LogP contribution is 2.18. The molecule has 0 spiro atoms. The maximum absolute atomic E-state index is 6.38. The molecule has 0 fully saturated rings. The first-order valence-electron chi connectivity index (χ1n) is 9.46. The maximum atomic E-state index is 6.38. The van der Waals surface area contributed by atoms with Gasteiger partial charge in [-0.25, -0.2) is 0 Å². The van der Waals surface area contributed by atoms with E-state index in [1.54, 1.807) is 0 Å². The minimum absolute atomic E-state index is 0.108. The van der Waals surface area contributed by atoms with E-state index in [0.717, 1.165) is 22.2 Å². The summed E-state index contributed by atoms with van der Waals surface area (Å²) in [6.45, 7) is 2.54. The normalized spacial score (nSPS) is 17.4. The van der Waals surface area contributed by atoms with E-state index in [0.29, 0.717) is 6.54 Å². The lowest BCUT2D eigenvalue weighted by atomic mass is 9.70. The Morgan fingerprint density at radius 1 is 0.786 bits per heavy atom. The summed E-state index contributed by atoms with van der Waals surface area (Å²) in [5.41, 5.74) is 2.78. The van der Waals surface area contributed by atoms with E-state index in [-0.39, 0.29) is 6.10 Å². The average Bonchev–Trinajstić information content (AvgIpc) is 2.77. The van der Waals surface area contributed by atoms with Gasteiger partial charge >= 0.3 is 14.2 Å². The molecule has 0 bridgehead atoms. The smallest absolute Gasteiger partial charge is 0.532 e. The first-order valence-corrected chi connectivity index (χ1v) is 9.46. The van der Waals surface area contributed by atoms with E-state index in [2.05, 4.69) is 4.99 Å². The molecule has 0 saturated heterocycles. The first kappa shape index (κ1) is 18.5. The van der Waals surface area contributed by atoms with Crippen molar-refractivity contribution < 1.29 is 13.9 Å². The minimum Gasteiger partial charge on any atom is -0.532 e. The van der Waals surface area contributed by atoms with Crippen LogP contribution in [0.4, 0.5) is 0 Å². The lowest BCUT2D eigenvalue weighted by Gasteiger charge is -2.23. The van der Waals surface area contributed by atoms with Gasteiger partial charge in [0.2, 0.25) is 0 Å². The van der Waals surface area contributed by atoms with Gasteiger partial charge in [0.1, 0.15) is 5.75 Å². The molecule has 1 atom stereocenters. The SMILES string of the molecule is C[C@@H]1CN=Cc2ccccc2OB(c2ccccc2)OB(c2ccccc2)O1. The molecule has 1 aliphatic heterocycles. The molecular formula is C22H21B2NO3. The molecule has 28 heavy (non-hydrogen) atoms. The zero-order chi connectivity index (χ0) is 19.2. The molecule has 1 aliphatic rings. The Morgan fingerprint density at radius 2 is 1.39 bits per heavy atom. The molecule has 0 unspecified atom stereocenters. The Balaban J connectivity index is 1.74. The summed E-state index contributed by atoms with van der Waals surface area (Å²) < 4.78 is 18.9. The third kappa shape index (κ3) is 4.53. The van der Waals surface area contributed by atoms with Crippen molar-refractivity contribution >= 4 is 31.4 Å². The molecule has 0 amide bonds. The summed E-state index contributed by atoms with van der Waals surface area (Å²) in [7, 11) is -1.19. The standard InChI is InChI=1S/C22H21B2NO3/c1-18-16-25-17-19-10-8-9-15-22(19)27-24(21-13-6-3-7-14-21)28-23(26-18)20-11-4-2-5-12-20/h2-15,17-18H,16H2,1H3/t18-/m1/s1. The Bertz CT molecular complexity index is 921. The third-order valence-electron chi connectivity index (χ3n) is 4.49. The monoisotopic (exact) mass is 369 g/mol. The molecule has 3 aromatic carbocycles. The highest BCUT2D eigenvalue weighted by molar-refractivity contribution is 6.74. The quantitative estimate of drug-likeness (QED) is 0.653. The van der Waals surface area contributed by atoms with Crippen LogP contribution in [-0.2, 0) is 9.23 Å². The van der Waals surface area contributed by atoms with Gasteiger partial charge in [0.15, 0.2) is 0 Å². The fourth-order valence-corrected chi connectivity index (χ4v) is 3.06. The highest BCUT2D eigenvalue weighted by atomic mass is 16.6. The second-order valence-corrected chi connectivity index (χ2v) is 6.72. The third-order valence-corrected chi connectivity index (χ3v) is 4.49. The molecule has 0 radical (unpaired) electrons. The Labute approximate surface area is 166 Å². The summed E-state index contributed by atoms with van der Waals surface area (Å²) in [4.78, 5) is 4.54. The van der Waals surface area contributed by atoms with E-state index in [9.17, 15) is 0 Å². The van der Waals surface area contributed by atoms with Crippen LogP contribution in [0.5, 0.6) is 5.75 Å². The summed E-state index contributed by atoms with van der Waals surface area (Å²) in [6, 6.07) is 27.7. The van der Waals surface area contributed by atoms with Gasteiger partial charge in [-0.15, -0.1) is 0 Å². The van der Waals surface area contributed by atoms with E-state index in [4.69, 9.17) is 13.9 Å². The van der Waals surface area contributed by atoms with E-state index in [1.165, 1.54) is 0 Å². The first-order chi connectivity index (χ1) is 13.8. The van der Waals surface area contributed by atoms with Crippen molar-refractivity contribution in [1.82, 2.24) is 0 Å². The Kier molecular flexibility index (Phi) is 5.90. The highest BCUT2D eigenvalue weighted by Gasteiger charge is 2.34. The molecule has 138 valence electrons. The molecule has 4 rings (SSSR count). The van der Waals surface area contributed by atoms with Crippen LogP contribution >= 0.6 is 0 Å². The molecule has 0 aromatic heterocycles. The number of para-hydroxylation sites is 1. The number of rotatable bonds is 2. The molecule has 4 nitrogen and oxygen atoms in total. The summed E-state index contributed by atoms with van der Waals surface area (Å²) in [5, 5.41) is 0. The number of hydrogen-bond acceptors (Lipinski definition) is 4. The molecule has 0 N–H and O–H groups in total. The summed E-state index contributed by atoms with van der Waals surface area (Å²) >= 11 is 0. The van der Waals surface area contributed by atoms with E-state index >= 15 is 0 Å². The molecule has 6 heteroatoms. The predicted molar refractivity (Wildman–Crippen MR) is 115 cm³/mol. The number of aliphatic imine (C=N–C) groups is 1. The zero-order valence-corrected chi connectivity index (χ0v) is 15.8. The van der Waals surface area contributed by atoms with Crippen LogP contribution < -0.4 is 15.6 Å². The number of fused-ring (bicyclic) bond motifs is 1. The van der Waals surface area contributed by atoms with Gasteiger partial charge in [-0.3, -0.25) is 4.99 Å². The fraction of sp³-hybridized carbons (Fsp3) is 0.136. The number of nitrogens with zero attached hydrogens (tertiary/aromatic N) is 1. The van der Waals surface area contributed by atoms with Crippen LogP contribution in [0.1, 0.15) is 12.5 Å². The summed E-state index contributed by atoms with van der Waals surface area (Å²) in [6.07, 6.45) is 1.73. The van der Waals surface area contributed by atoms with Crippen molar-refractivity contribution in [1.29, 1.82) is 0 Å². The molecule has 0 saturated carbocycles. The van der Waals surface area contributed by atoms with Gasteiger partial charge < -0.3 is 13.9 Å². The van der Waals surface area contributed by atoms with Crippen molar-refractivity contribution in [2.45, 2.75) is 13.0 Å². The van der Waals surface area contributed by atoms with Crippen LogP contribution in [0, 0.1) is 0 Å². The fourth-order valence-electron chi connectivity index (χ4n) is 3.06. The van der Waals surface area contributed by atoms with Crippen LogP contribution in [0.3, 0.4) is 0 Å². The van der Waals surface area contributed by atoms with Gasteiger partial charge in [-0.1, -0.05) is 72.8 Å². The topological polar surface area (TPSA) is 40.0 Å². The van der Waals surface area contributed by atoms with E-state index < -0.39 is 14.2 Å². The Morgan fingerprint density at radius 3 is 2.11 bits per heavy atom. The van der Waals surface area contributed by atoms with Crippen molar-refractivity contribution in [2.75, 3.05) is 6.54 Å². The molecule has 3 aromatic rings.